The van der Waals surface area contributed by atoms with Crippen molar-refractivity contribution >= 4 is 33.1 Å². The quantitative estimate of drug-likeness (QED) is 0.672. The maximum absolute atomic E-state index is 7.46. The lowest BCUT2D eigenvalue weighted by molar-refractivity contribution is 0.309. The van der Waals surface area contributed by atoms with Crippen molar-refractivity contribution in [1.29, 1.82) is 5.41 Å². The molecule has 17 heavy (non-hydrogen) atoms. The van der Waals surface area contributed by atoms with Crippen LogP contribution in [0.5, 0.6) is 5.75 Å². The summed E-state index contributed by atoms with van der Waals surface area (Å²) in [6.45, 7) is 0.487. The number of nitrogens with two attached hydrogens (primary N) is 1. The summed E-state index contributed by atoms with van der Waals surface area (Å²) in [4.78, 5) is 1.12. The van der Waals surface area contributed by atoms with Gasteiger partial charge in [-0.25, -0.2) is 0 Å². The van der Waals surface area contributed by atoms with Crippen LogP contribution in [-0.4, -0.2) is 5.84 Å². The third-order valence-electron chi connectivity index (χ3n) is 2.18. The summed E-state index contributed by atoms with van der Waals surface area (Å²) in [5.74, 6) is 0.664. The van der Waals surface area contributed by atoms with Crippen LogP contribution in [0.15, 0.2) is 40.2 Å². The maximum Gasteiger partial charge on any atom is 0.130 e. The van der Waals surface area contributed by atoms with E-state index in [4.69, 9.17) is 15.9 Å². The highest BCUT2D eigenvalue weighted by molar-refractivity contribution is 9.11. The monoisotopic (exact) mass is 310 g/mol. The molecule has 1 aromatic carbocycles. The van der Waals surface area contributed by atoms with Gasteiger partial charge >= 0.3 is 0 Å². The molecule has 3 N–H and O–H groups in total. The lowest BCUT2D eigenvalue weighted by atomic mass is 10.2. The summed E-state index contributed by atoms with van der Waals surface area (Å²) >= 11 is 5.03. The minimum absolute atomic E-state index is 0.0213. The molecule has 5 heteroatoms. The Morgan fingerprint density at radius 2 is 2.06 bits per heavy atom. The number of hydrogen-bond donors (Lipinski definition) is 2. The van der Waals surface area contributed by atoms with E-state index in [0.717, 1.165) is 8.66 Å². The van der Waals surface area contributed by atoms with E-state index in [1.807, 2.05) is 30.3 Å². The zero-order valence-electron chi connectivity index (χ0n) is 8.94. The first-order chi connectivity index (χ1) is 8.16. The summed E-state index contributed by atoms with van der Waals surface area (Å²) in [7, 11) is 0. The molecule has 0 aliphatic heterocycles. The van der Waals surface area contributed by atoms with E-state index in [1.54, 1.807) is 17.4 Å². The molecular formula is C12H11BrN2OS. The average Bonchev–Trinajstić information content (AvgIpc) is 2.73. The van der Waals surface area contributed by atoms with Crippen LogP contribution in [0, 0.1) is 5.41 Å². The normalized spacial score (nSPS) is 10.2. The second-order valence-electron chi connectivity index (χ2n) is 3.40. The highest BCUT2D eigenvalue weighted by Gasteiger charge is 2.06. The van der Waals surface area contributed by atoms with E-state index < -0.39 is 0 Å². The summed E-state index contributed by atoms with van der Waals surface area (Å²) < 4.78 is 6.75. The lowest BCUT2D eigenvalue weighted by Gasteiger charge is -2.09. The molecule has 0 aliphatic carbocycles. The fraction of sp³-hybridized carbons (Fsp3) is 0.0833. The number of amidine groups is 1. The Kier molecular flexibility index (Phi) is 3.81. The van der Waals surface area contributed by atoms with Gasteiger partial charge < -0.3 is 10.5 Å². The molecule has 3 nitrogen and oxygen atoms in total. The molecule has 0 bridgehead atoms. The van der Waals surface area contributed by atoms with Crippen LogP contribution in [0.2, 0.25) is 0 Å². The summed E-state index contributed by atoms with van der Waals surface area (Å²) in [6.07, 6.45) is 0. The third kappa shape index (κ3) is 3.08. The number of nitrogens with one attached hydrogen (secondary N) is 1. The van der Waals surface area contributed by atoms with E-state index in [2.05, 4.69) is 15.9 Å². The summed E-state index contributed by atoms with van der Waals surface area (Å²) in [5.41, 5.74) is 6.11. The Labute approximate surface area is 112 Å². The van der Waals surface area contributed by atoms with Gasteiger partial charge in [-0.1, -0.05) is 12.1 Å². The van der Waals surface area contributed by atoms with E-state index >= 15 is 0 Å². The van der Waals surface area contributed by atoms with E-state index in [1.165, 1.54) is 0 Å². The van der Waals surface area contributed by atoms with Crippen LogP contribution in [0.1, 0.15) is 10.4 Å². The van der Waals surface area contributed by atoms with Crippen LogP contribution < -0.4 is 10.5 Å². The van der Waals surface area contributed by atoms with Gasteiger partial charge in [0.15, 0.2) is 0 Å². The van der Waals surface area contributed by atoms with Crippen LogP contribution in [-0.2, 0) is 6.61 Å². The zero-order valence-corrected chi connectivity index (χ0v) is 11.3. The van der Waals surface area contributed by atoms with Gasteiger partial charge in [0.25, 0.3) is 0 Å². The first-order valence-corrected chi connectivity index (χ1v) is 6.58. The molecule has 0 radical (unpaired) electrons. The van der Waals surface area contributed by atoms with Crippen molar-refractivity contribution in [2.75, 3.05) is 0 Å². The first-order valence-electron chi connectivity index (χ1n) is 4.97. The standard InChI is InChI=1S/C12H11BrN2OS/c13-11-6-5-8(17-11)7-16-10-4-2-1-3-9(10)12(14)15/h1-6H,7H2,(H3,14,15). The van der Waals surface area contributed by atoms with Crippen LogP contribution in [0.3, 0.4) is 0 Å². The smallest absolute Gasteiger partial charge is 0.130 e. The minimum Gasteiger partial charge on any atom is -0.487 e. The number of nitrogen functional groups attached to an aromatic ring is 1. The van der Waals surface area contributed by atoms with Crippen molar-refractivity contribution in [3.05, 3.63) is 50.6 Å². The van der Waals surface area contributed by atoms with Crippen LogP contribution in [0.4, 0.5) is 0 Å². The van der Waals surface area contributed by atoms with Gasteiger partial charge in [0.05, 0.1) is 9.35 Å². The van der Waals surface area contributed by atoms with Gasteiger partial charge in [-0.3, -0.25) is 5.41 Å². The summed E-state index contributed by atoms with van der Waals surface area (Å²) in [6, 6.07) is 11.3. The molecular weight excluding hydrogens is 300 g/mol. The minimum atomic E-state index is 0.0213. The van der Waals surface area contributed by atoms with E-state index in [0.29, 0.717) is 17.9 Å². The number of rotatable bonds is 4. The maximum atomic E-state index is 7.46. The fourth-order valence-electron chi connectivity index (χ4n) is 1.39. The Balaban J connectivity index is 2.11. The van der Waals surface area contributed by atoms with Gasteiger partial charge in [-0.15, -0.1) is 11.3 Å². The first kappa shape index (κ1) is 12.1. The molecule has 1 aromatic heterocycles. The molecule has 0 saturated heterocycles. The number of halogens is 1. The molecule has 0 unspecified atom stereocenters. The van der Waals surface area contributed by atoms with Crippen molar-refractivity contribution in [2.45, 2.75) is 6.61 Å². The van der Waals surface area contributed by atoms with Gasteiger partial charge in [0.2, 0.25) is 0 Å². The Morgan fingerprint density at radius 1 is 1.29 bits per heavy atom. The number of ether oxygens (including phenoxy) is 1. The average molecular weight is 311 g/mol. The van der Waals surface area contributed by atoms with Crippen molar-refractivity contribution in [1.82, 2.24) is 0 Å². The SMILES string of the molecule is N=C(N)c1ccccc1OCc1ccc(Br)s1. The fourth-order valence-corrected chi connectivity index (χ4v) is 2.79. The van der Waals surface area contributed by atoms with E-state index in [-0.39, 0.29) is 5.84 Å². The molecule has 2 rings (SSSR count). The highest BCUT2D eigenvalue weighted by Crippen LogP contribution is 2.24. The van der Waals surface area contributed by atoms with Gasteiger partial charge in [0, 0.05) is 4.88 Å². The lowest BCUT2D eigenvalue weighted by Crippen LogP contribution is -2.12. The number of hydrogen-bond acceptors (Lipinski definition) is 3. The van der Waals surface area contributed by atoms with Crippen molar-refractivity contribution in [2.24, 2.45) is 5.73 Å². The van der Waals surface area contributed by atoms with Crippen molar-refractivity contribution in [3.8, 4) is 5.75 Å². The summed E-state index contributed by atoms with van der Waals surface area (Å²) in [5, 5.41) is 7.46. The highest BCUT2D eigenvalue weighted by atomic mass is 79.9. The van der Waals surface area contributed by atoms with Crippen LogP contribution >= 0.6 is 27.3 Å². The number of thiophene rings is 1. The van der Waals surface area contributed by atoms with Gasteiger partial charge in [0.1, 0.15) is 18.2 Å². The molecule has 0 aliphatic rings. The molecule has 0 fully saturated rings. The second kappa shape index (κ2) is 5.33. The number of benzene rings is 1. The van der Waals surface area contributed by atoms with Gasteiger partial charge in [-0.2, -0.15) is 0 Å². The molecule has 0 spiro atoms. The predicted octanol–water partition coefficient (Wildman–Crippen LogP) is 3.37. The Morgan fingerprint density at radius 3 is 2.71 bits per heavy atom. The van der Waals surface area contributed by atoms with Crippen molar-refractivity contribution in [3.63, 3.8) is 0 Å². The zero-order chi connectivity index (χ0) is 12.3. The molecule has 0 saturated carbocycles. The largest absolute Gasteiger partial charge is 0.487 e. The van der Waals surface area contributed by atoms with E-state index in [9.17, 15) is 0 Å². The second-order valence-corrected chi connectivity index (χ2v) is 5.95. The Bertz CT molecular complexity index is 539. The molecule has 2 aromatic rings. The molecule has 0 atom stereocenters. The third-order valence-corrected chi connectivity index (χ3v) is 3.77. The topological polar surface area (TPSA) is 59.1 Å². The van der Waals surface area contributed by atoms with Crippen LogP contribution in [0.25, 0.3) is 0 Å². The van der Waals surface area contributed by atoms with Gasteiger partial charge in [-0.05, 0) is 40.2 Å². The number of para-hydroxylation sites is 1. The van der Waals surface area contributed by atoms with Crippen molar-refractivity contribution < 1.29 is 4.74 Å². The molecule has 0 amide bonds. The predicted molar refractivity (Wildman–Crippen MR) is 73.8 cm³/mol. The Hall–Kier alpha value is -1.33. The molecule has 1 heterocycles. The molecule has 88 valence electrons.